The molecule has 5 nitrogen and oxygen atoms in total. The van der Waals surface area contributed by atoms with Gasteiger partial charge in [0.15, 0.2) is 0 Å². The first-order valence-corrected chi connectivity index (χ1v) is 6.93. The topological polar surface area (TPSA) is 63.2 Å². The fraction of sp³-hybridized carbons (Fsp3) is 0.167. The van der Waals surface area contributed by atoms with Crippen LogP contribution in [0.4, 0.5) is 5.69 Å². The molecule has 0 aliphatic heterocycles. The first-order valence-electron chi connectivity index (χ1n) is 5.49. The third-order valence-corrected chi connectivity index (χ3v) is 4.33. The second-order valence-electron chi connectivity index (χ2n) is 3.57. The number of pyridine rings is 2. The van der Waals surface area contributed by atoms with Crippen molar-refractivity contribution in [3.8, 4) is 0 Å². The van der Waals surface area contributed by atoms with Crippen LogP contribution in [0.15, 0.2) is 53.9 Å². The molecule has 2 aromatic rings. The Hall–Kier alpha value is -1.95. The molecule has 0 radical (unpaired) electrons. The van der Waals surface area contributed by atoms with Crippen LogP contribution in [0, 0.1) is 0 Å². The van der Waals surface area contributed by atoms with Gasteiger partial charge in [-0.15, -0.1) is 0 Å². The van der Waals surface area contributed by atoms with Crippen LogP contribution >= 0.6 is 0 Å². The smallest absolute Gasteiger partial charge is 0.265 e. The van der Waals surface area contributed by atoms with Gasteiger partial charge in [-0.3, -0.25) is 14.3 Å². The minimum absolute atomic E-state index is 0.177. The first kappa shape index (κ1) is 12.5. The van der Waals surface area contributed by atoms with Crippen molar-refractivity contribution in [1.29, 1.82) is 0 Å². The number of rotatable bonds is 4. The molecular weight excluding hydrogens is 250 g/mol. The number of nitrogens with zero attached hydrogens (tertiary/aromatic N) is 3. The second kappa shape index (κ2) is 5.14. The highest BCUT2D eigenvalue weighted by atomic mass is 32.2. The molecule has 94 valence electrons. The minimum atomic E-state index is -3.57. The van der Waals surface area contributed by atoms with Crippen LogP contribution in [0.3, 0.4) is 0 Å². The molecule has 0 N–H and O–H groups in total. The Balaban J connectivity index is 2.46. The van der Waals surface area contributed by atoms with Crippen LogP contribution in [0.1, 0.15) is 6.92 Å². The van der Waals surface area contributed by atoms with E-state index in [0.29, 0.717) is 12.2 Å². The van der Waals surface area contributed by atoms with Crippen molar-refractivity contribution in [2.45, 2.75) is 11.8 Å². The van der Waals surface area contributed by atoms with Gasteiger partial charge in [0, 0.05) is 25.1 Å². The van der Waals surface area contributed by atoms with E-state index >= 15 is 0 Å². The van der Waals surface area contributed by atoms with Gasteiger partial charge in [-0.2, -0.15) is 0 Å². The Morgan fingerprint density at radius 1 is 1.11 bits per heavy atom. The molecule has 18 heavy (non-hydrogen) atoms. The summed E-state index contributed by atoms with van der Waals surface area (Å²) in [4.78, 5) is 7.96. The molecule has 0 unspecified atom stereocenters. The van der Waals surface area contributed by atoms with Gasteiger partial charge in [-0.25, -0.2) is 8.42 Å². The molecule has 0 bridgehead atoms. The molecule has 2 aromatic heterocycles. The summed E-state index contributed by atoms with van der Waals surface area (Å²) in [5.74, 6) is 0. The van der Waals surface area contributed by atoms with E-state index in [9.17, 15) is 8.42 Å². The quantitative estimate of drug-likeness (QED) is 0.842. The monoisotopic (exact) mass is 263 g/mol. The molecule has 0 aliphatic carbocycles. The van der Waals surface area contributed by atoms with E-state index < -0.39 is 10.0 Å². The average Bonchev–Trinajstić information content (AvgIpc) is 2.41. The van der Waals surface area contributed by atoms with Gasteiger partial charge in [-0.05, 0) is 31.2 Å². The third-order valence-electron chi connectivity index (χ3n) is 2.44. The zero-order valence-corrected chi connectivity index (χ0v) is 10.7. The van der Waals surface area contributed by atoms with Crippen molar-refractivity contribution >= 4 is 15.7 Å². The lowest BCUT2D eigenvalue weighted by Gasteiger charge is -2.22. The molecular formula is C12H13N3O2S. The maximum atomic E-state index is 12.4. The Morgan fingerprint density at radius 2 is 1.78 bits per heavy atom. The minimum Gasteiger partial charge on any atom is -0.265 e. The van der Waals surface area contributed by atoms with Crippen LogP contribution in [-0.4, -0.2) is 24.9 Å². The molecule has 0 spiro atoms. The Labute approximate surface area is 106 Å². The van der Waals surface area contributed by atoms with Gasteiger partial charge < -0.3 is 0 Å². The summed E-state index contributed by atoms with van der Waals surface area (Å²) in [5.41, 5.74) is 0.545. The molecule has 6 heteroatoms. The predicted molar refractivity (Wildman–Crippen MR) is 68.7 cm³/mol. The first-order chi connectivity index (χ1) is 8.66. The van der Waals surface area contributed by atoms with E-state index in [1.807, 2.05) is 0 Å². The molecule has 0 fully saturated rings. The maximum Gasteiger partial charge on any atom is 0.265 e. The van der Waals surface area contributed by atoms with Gasteiger partial charge in [0.1, 0.15) is 4.90 Å². The predicted octanol–water partition coefficient (Wildman–Crippen LogP) is 1.69. The number of sulfonamides is 1. The zero-order valence-electron chi connectivity index (χ0n) is 9.89. The van der Waals surface area contributed by atoms with E-state index in [4.69, 9.17) is 0 Å². The average molecular weight is 263 g/mol. The number of hydrogen-bond donors (Lipinski definition) is 0. The highest BCUT2D eigenvalue weighted by Gasteiger charge is 2.23. The van der Waals surface area contributed by atoms with E-state index in [2.05, 4.69) is 9.97 Å². The van der Waals surface area contributed by atoms with Gasteiger partial charge >= 0.3 is 0 Å². The number of hydrogen-bond acceptors (Lipinski definition) is 4. The molecule has 0 aromatic carbocycles. The lowest BCUT2D eigenvalue weighted by molar-refractivity contribution is 0.591. The van der Waals surface area contributed by atoms with Gasteiger partial charge in [0.25, 0.3) is 10.0 Å². The Kier molecular flexibility index (Phi) is 3.57. The maximum absolute atomic E-state index is 12.4. The molecule has 0 saturated carbocycles. The van der Waals surface area contributed by atoms with Crippen molar-refractivity contribution in [2.75, 3.05) is 10.8 Å². The third kappa shape index (κ3) is 2.33. The highest BCUT2D eigenvalue weighted by Crippen LogP contribution is 2.21. The van der Waals surface area contributed by atoms with Gasteiger partial charge in [0.2, 0.25) is 0 Å². The molecule has 2 rings (SSSR count). The number of anilines is 1. The molecule has 0 aliphatic rings. The summed E-state index contributed by atoms with van der Waals surface area (Å²) < 4.78 is 26.1. The van der Waals surface area contributed by atoms with Crippen LogP contribution < -0.4 is 4.31 Å². The lowest BCUT2D eigenvalue weighted by Crippen LogP contribution is -2.30. The van der Waals surface area contributed by atoms with Crippen molar-refractivity contribution in [2.24, 2.45) is 0 Å². The van der Waals surface area contributed by atoms with Crippen LogP contribution in [0.5, 0.6) is 0 Å². The van der Waals surface area contributed by atoms with Crippen molar-refractivity contribution in [1.82, 2.24) is 9.97 Å². The van der Waals surface area contributed by atoms with E-state index in [1.165, 1.54) is 22.8 Å². The normalized spacial score (nSPS) is 11.2. The molecule has 0 saturated heterocycles. The Morgan fingerprint density at radius 3 is 2.28 bits per heavy atom. The lowest BCUT2D eigenvalue weighted by atomic mass is 10.4. The fourth-order valence-electron chi connectivity index (χ4n) is 1.62. The van der Waals surface area contributed by atoms with Gasteiger partial charge in [-0.1, -0.05) is 0 Å². The number of aromatic nitrogens is 2. The van der Waals surface area contributed by atoms with Crippen molar-refractivity contribution in [3.05, 3.63) is 49.1 Å². The summed E-state index contributed by atoms with van der Waals surface area (Å²) in [7, 11) is -3.57. The van der Waals surface area contributed by atoms with E-state index in [1.54, 1.807) is 37.5 Å². The fourth-order valence-corrected chi connectivity index (χ4v) is 3.04. The highest BCUT2D eigenvalue weighted by molar-refractivity contribution is 7.92. The molecule has 0 atom stereocenters. The summed E-state index contributed by atoms with van der Waals surface area (Å²) in [5, 5.41) is 0. The van der Waals surface area contributed by atoms with Crippen LogP contribution in [-0.2, 0) is 10.0 Å². The standard InChI is InChI=1S/C12H13N3O2S/c1-2-15(11-5-3-7-13-9-11)18(16,17)12-6-4-8-14-10-12/h3-10H,2H2,1H3. The van der Waals surface area contributed by atoms with Crippen LogP contribution in [0.25, 0.3) is 0 Å². The Bertz CT molecular complexity index is 600. The second-order valence-corrected chi connectivity index (χ2v) is 5.43. The van der Waals surface area contributed by atoms with E-state index in [0.717, 1.165) is 0 Å². The largest absolute Gasteiger partial charge is 0.265 e. The molecule has 2 heterocycles. The SMILES string of the molecule is CCN(c1cccnc1)S(=O)(=O)c1cccnc1. The zero-order chi connectivity index (χ0) is 13.0. The van der Waals surface area contributed by atoms with E-state index in [-0.39, 0.29) is 4.90 Å². The summed E-state index contributed by atoms with van der Waals surface area (Å²) in [6.07, 6.45) is 6.01. The van der Waals surface area contributed by atoms with Crippen molar-refractivity contribution < 1.29 is 8.42 Å². The van der Waals surface area contributed by atoms with Gasteiger partial charge in [0.05, 0.1) is 11.9 Å². The van der Waals surface area contributed by atoms with Crippen molar-refractivity contribution in [3.63, 3.8) is 0 Å². The molecule has 0 amide bonds. The van der Waals surface area contributed by atoms with Crippen LogP contribution in [0.2, 0.25) is 0 Å². The summed E-state index contributed by atoms with van der Waals surface area (Å²) >= 11 is 0. The summed E-state index contributed by atoms with van der Waals surface area (Å²) in [6.45, 7) is 2.11. The summed E-state index contributed by atoms with van der Waals surface area (Å²) in [6, 6.07) is 6.55.